The van der Waals surface area contributed by atoms with Crippen LogP contribution in [0.25, 0.3) is 0 Å². The van der Waals surface area contributed by atoms with E-state index < -0.39 is 6.03 Å². The molecular weight excluding hydrogens is 254 g/mol. The van der Waals surface area contributed by atoms with E-state index in [1.165, 1.54) is 0 Å². The van der Waals surface area contributed by atoms with Gasteiger partial charge in [-0.25, -0.2) is 4.79 Å². The minimum absolute atomic E-state index is 0.128. The van der Waals surface area contributed by atoms with Gasteiger partial charge in [-0.1, -0.05) is 12.1 Å². The molecule has 0 spiro atoms. The van der Waals surface area contributed by atoms with Crippen molar-refractivity contribution in [1.29, 1.82) is 0 Å². The van der Waals surface area contributed by atoms with Gasteiger partial charge in [-0.05, 0) is 43.7 Å². The number of carbonyl (C=O) groups is 1. The lowest BCUT2D eigenvalue weighted by Gasteiger charge is -2.19. The maximum absolute atomic E-state index is 10.8. The van der Waals surface area contributed by atoms with Gasteiger partial charge in [0.05, 0.1) is 12.3 Å². The molecule has 2 atom stereocenters. The van der Waals surface area contributed by atoms with Crippen LogP contribution < -0.4 is 16.4 Å². The molecule has 0 radical (unpaired) electrons. The van der Waals surface area contributed by atoms with E-state index in [0.717, 1.165) is 11.3 Å². The van der Waals surface area contributed by atoms with E-state index in [1.807, 2.05) is 36.4 Å². The molecule has 0 aliphatic rings. The highest BCUT2D eigenvalue weighted by Crippen LogP contribution is 2.21. The van der Waals surface area contributed by atoms with Crippen LogP contribution in [0.1, 0.15) is 37.3 Å². The van der Waals surface area contributed by atoms with E-state index in [0.29, 0.717) is 5.69 Å². The van der Waals surface area contributed by atoms with E-state index in [4.69, 9.17) is 10.2 Å². The number of anilines is 1. The first-order valence-corrected chi connectivity index (χ1v) is 6.52. The van der Waals surface area contributed by atoms with Crippen molar-refractivity contribution >= 4 is 11.7 Å². The molecule has 2 aromatic rings. The number of carbonyl (C=O) groups excluding carboxylic acids is 1. The van der Waals surface area contributed by atoms with Crippen molar-refractivity contribution in [3.63, 3.8) is 0 Å². The molecule has 2 amide bonds. The van der Waals surface area contributed by atoms with Gasteiger partial charge in [0, 0.05) is 11.7 Å². The summed E-state index contributed by atoms with van der Waals surface area (Å²) < 4.78 is 5.37. The average Bonchev–Trinajstić information content (AvgIpc) is 2.92. The first-order valence-electron chi connectivity index (χ1n) is 6.52. The molecule has 1 unspecified atom stereocenters. The van der Waals surface area contributed by atoms with Crippen molar-refractivity contribution in [2.75, 3.05) is 5.32 Å². The Morgan fingerprint density at radius 3 is 2.40 bits per heavy atom. The zero-order valence-electron chi connectivity index (χ0n) is 11.6. The van der Waals surface area contributed by atoms with Crippen molar-refractivity contribution in [3.8, 4) is 0 Å². The SMILES string of the molecule is CC(N[C@H](C)c1ccco1)c1ccc(NC(N)=O)cc1. The van der Waals surface area contributed by atoms with Gasteiger partial charge in [-0.3, -0.25) is 0 Å². The van der Waals surface area contributed by atoms with Gasteiger partial charge < -0.3 is 20.8 Å². The van der Waals surface area contributed by atoms with Crippen molar-refractivity contribution < 1.29 is 9.21 Å². The number of nitrogens with one attached hydrogen (secondary N) is 2. The Labute approximate surface area is 118 Å². The molecule has 2 rings (SSSR count). The highest BCUT2D eigenvalue weighted by molar-refractivity contribution is 5.87. The molecule has 0 bridgehead atoms. The number of rotatable bonds is 5. The zero-order chi connectivity index (χ0) is 14.5. The smallest absolute Gasteiger partial charge is 0.316 e. The fourth-order valence-electron chi connectivity index (χ4n) is 2.09. The van der Waals surface area contributed by atoms with Gasteiger partial charge in [0.25, 0.3) is 0 Å². The maximum Gasteiger partial charge on any atom is 0.316 e. The van der Waals surface area contributed by atoms with Crippen LogP contribution in [0.2, 0.25) is 0 Å². The molecule has 0 fully saturated rings. The van der Waals surface area contributed by atoms with Crippen LogP contribution in [0.5, 0.6) is 0 Å². The predicted molar refractivity (Wildman–Crippen MR) is 78.3 cm³/mol. The molecule has 20 heavy (non-hydrogen) atoms. The summed E-state index contributed by atoms with van der Waals surface area (Å²) in [5.74, 6) is 0.906. The van der Waals surface area contributed by atoms with E-state index in [-0.39, 0.29) is 12.1 Å². The molecular formula is C15H19N3O2. The van der Waals surface area contributed by atoms with Gasteiger partial charge >= 0.3 is 6.03 Å². The molecule has 1 aromatic heterocycles. The predicted octanol–water partition coefficient (Wildman–Crippen LogP) is 3.18. The van der Waals surface area contributed by atoms with E-state index >= 15 is 0 Å². The lowest BCUT2D eigenvalue weighted by Crippen LogP contribution is -2.22. The summed E-state index contributed by atoms with van der Waals surface area (Å²) in [5, 5.41) is 5.99. The summed E-state index contributed by atoms with van der Waals surface area (Å²) in [6.07, 6.45) is 1.67. The van der Waals surface area contributed by atoms with Gasteiger partial charge in [0.1, 0.15) is 5.76 Å². The summed E-state index contributed by atoms with van der Waals surface area (Å²) in [6.45, 7) is 4.13. The quantitative estimate of drug-likeness (QED) is 0.782. The summed E-state index contributed by atoms with van der Waals surface area (Å²) in [6, 6.07) is 11.1. The largest absolute Gasteiger partial charge is 0.468 e. The Balaban J connectivity index is 1.98. The second-order valence-electron chi connectivity index (χ2n) is 4.74. The summed E-state index contributed by atoms with van der Waals surface area (Å²) in [5.41, 5.74) is 6.88. The van der Waals surface area contributed by atoms with Crippen LogP contribution in [0.4, 0.5) is 10.5 Å². The molecule has 0 aliphatic carbocycles. The molecule has 1 heterocycles. The normalized spacial score (nSPS) is 13.7. The standard InChI is InChI=1S/C15H19N3O2/c1-10(17-11(2)14-4-3-9-20-14)12-5-7-13(8-6-12)18-15(16)19/h3-11,17H,1-2H3,(H3,16,18,19)/t10?,11-/m1/s1. The van der Waals surface area contributed by atoms with Crippen molar-refractivity contribution in [2.45, 2.75) is 25.9 Å². The van der Waals surface area contributed by atoms with E-state index in [1.54, 1.807) is 6.26 Å². The lowest BCUT2D eigenvalue weighted by atomic mass is 10.1. The number of amides is 2. The van der Waals surface area contributed by atoms with Crippen molar-refractivity contribution in [2.24, 2.45) is 5.73 Å². The third-order valence-electron chi connectivity index (χ3n) is 3.15. The monoisotopic (exact) mass is 273 g/mol. The van der Waals surface area contributed by atoms with Gasteiger partial charge in [-0.2, -0.15) is 0 Å². The fraction of sp³-hybridized carbons (Fsp3) is 0.267. The molecule has 4 N–H and O–H groups in total. The van der Waals surface area contributed by atoms with Crippen LogP contribution in [0.15, 0.2) is 47.1 Å². The van der Waals surface area contributed by atoms with Crippen LogP contribution in [-0.4, -0.2) is 6.03 Å². The number of hydrogen-bond donors (Lipinski definition) is 3. The van der Waals surface area contributed by atoms with Crippen molar-refractivity contribution in [1.82, 2.24) is 5.32 Å². The van der Waals surface area contributed by atoms with Crippen LogP contribution in [0, 0.1) is 0 Å². The summed E-state index contributed by atoms with van der Waals surface area (Å²) >= 11 is 0. The maximum atomic E-state index is 10.8. The van der Waals surface area contributed by atoms with Crippen LogP contribution in [-0.2, 0) is 0 Å². The Morgan fingerprint density at radius 1 is 1.15 bits per heavy atom. The second-order valence-corrected chi connectivity index (χ2v) is 4.74. The summed E-state index contributed by atoms with van der Waals surface area (Å²) in [4.78, 5) is 10.8. The first-order chi connectivity index (χ1) is 9.56. The molecule has 5 heteroatoms. The number of benzene rings is 1. The lowest BCUT2D eigenvalue weighted by molar-refractivity contribution is 0.259. The number of primary amides is 1. The third kappa shape index (κ3) is 3.61. The minimum Gasteiger partial charge on any atom is -0.468 e. The second kappa shape index (κ2) is 6.25. The van der Waals surface area contributed by atoms with Gasteiger partial charge in [0.15, 0.2) is 0 Å². The van der Waals surface area contributed by atoms with Gasteiger partial charge in [0.2, 0.25) is 0 Å². The van der Waals surface area contributed by atoms with E-state index in [9.17, 15) is 4.79 Å². The third-order valence-corrected chi connectivity index (χ3v) is 3.15. The summed E-state index contributed by atoms with van der Waals surface area (Å²) in [7, 11) is 0. The average molecular weight is 273 g/mol. The number of furan rings is 1. The van der Waals surface area contributed by atoms with E-state index in [2.05, 4.69) is 24.5 Å². The van der Waals surface area contributed by atoms with Crippen LogP contribution >= 0.6 is 0 Å². The number of hydrogen-bond acceptors (Lipinski definition) is 3. The number of nitrogens with two attached hydrogens (primary N) is 1. The highest BCUT2D eigenvalue weighted by atomic mass is 16.3. The molecule has 0 aliphatic heterocycles. The minimum atomic E-state index is -0.560. The molecule has 0 saturated carbocycles. The Kier molecular flexibility index (Phi) is 4.42. The Bertz CT molecular complexity index is 549. The first kappa shape index (κ1) is 14.1. The molecule has 106 valence electrons. The van der Waals surface area contributed by atoms with Gasteiger partial charge in [-0.15, -0.1) is 0 Å². The Morgan fingerprint density at radius 2 is 1.85 bits per heavy atom. The molecule has 0 saturated heterocycles. The van der Waals surface area contributed by atoms with Crippen LogP contribution in [0.3, 0.4) is 0 Å². The topological polar surface area (TPSA) is 80.3 Å². The zero-order valence-corrected chi connectivity index (χ0v) is 11.6. The molecule has 1 aromatic carbocycles. The number of urea groups is 1. The molecule has 5 nitrogen and oxygen atoms in total. The van der Waals surface area contributed by atoms with Crippen molar-refractivity contribution in [3.05, 3.63) is 54.0 Å². The Hall–Kier alpha value is -2.27. The highest BCUT2D eigenvalue weighted by Gasteiger charge is 2.13. The fourth-order valence-corrected chi connectivity index (χ4v) is 2.09.